The molecule has 8 heteroatoms. The first kappa shape index (κ1) is 21.0. The molecule has 1 aromatic rings. The minimum absolute atomic E-state index is 0.0317. The lowest BCUT2D eigenvalue weighted by molar-refractivity contribution is -0.140. The maximum atomic E-state index is 12.7. The van der Waals surface area contributed by atoms with Gasteiger partial charge in [0.2, 0.25) is 11.8 Å². The number of amides is 2. The van der Waals surface area contributed by atoms with Crippen molar-refractivity contribution >= 4 is 23.6 Å². The fraction of sp³-hybridized carbons (Fsp3) is 0.583. The Labute approximate surface area is 189 Å². The van der Waals surface area contributed by atoms with Crippen LogP contribution in [0.4, 0.5) is 5.82 Å². The first-order chi connectivity index (χ1) is 15.7. The van der Waals surface area contributed by atoms with Crippen LogP contribution < -0.4 is 15.5 Å². The molecule has 3 heterocycles. The largest absolute Gasteiger partial charge is 0.357 e. The Morgan fingerprint density at radius 2 is 1.81 bits per heavy atom. The predicted octanol–water partition coefficient (Wildman–Crippen LogP) is 1.54. The van der Waals surface area contributed by atoms with Gasteiger partial charge in [0, 0.05) is 46.0 Å². The van der Waals surface area contributed by atoms with Crippen LogP contribution in [-0.2, 0) is 16.1 Å². The molecule has 4 unspecified atom stereocenters. The third-order valence-electron chi connectivity index (χ3n) is 7.34. The van der Waals surface area contributed by atoms with Gasteiger partial charge in [-0.25, -0.2) is 4.98 Å². The van der Waals surface area contributed by atoms with Crippen molar-refractivity contribution in [3.63, 3.8) is 0 Å². The first-order valence-corrected chi connectivity index (χ1v) is 11.8. The van der Waals surface area contributed by atoms with Crippen molar-refractivity contribution < 1.29 is 9.59 Å². The number of imide groups is 1. The van der Waals surface area contributed by atoms with E-state index in [0.29, 0.717) is 32.0 Å². The normalized spacial score (nSPS) is 28.7. The number of pyridine rings is 1. The lowest BCUT2D eigenvalue weighted by Gasteiger charge is -2.18. The van der Waals surface area contributed by atoms with Gasteiger partial charge >= 0.3 is 0 Å². The molecule has 1 aromatic heterocycles. The Morgan fingerprint density at radius 1 is 1.09 bits per heavy atom. The number of carbonyl (C=O) groups is 2. The van der Waals surface area contributed by atoms with Crippen molar-refractivity contribution in [1.29, 1.82) is 0 Å². The number of allylic oxidation sites excluding steroid dienone is 2. The summed E-state index contributed by atoms with van der Waals surface area (Å²) in [7, 11) is 1.74. The van der Waals surface area contributed by atoms with Gasteiger partial charge in [-0.05, 0) is 49.1 Å². The second-order valence-corrected chi connectivity index (χ2v) is 9.25. The van der Waals surface area contributed by atoms with Gasteiger partial charge in [0.15, 0.2) is 5.96 Å². The van der Waals surface area contributed by atoms with E-state index in [1.54, 1.807) is 7.05 Å². The van der Waals surface area contributed by atoms with Gasteiger partial charge in [0.25, 0.3) is 0 Å². The van der Waals surface area contributed by atoms with Crippen molar-refractivity contribution in [3.05, 3.63) is 36.0 Å². The van der Waals surface area contributed by atoms with Gasteiger partial charge in [0.05, 0.1) is 11.8 Å². The van der Waals surface area contributed by atoms with Crippen molar-refractivity contribution in [2.45, 2.75) is 32.2 Å². The van der Waals surface area contributed by atoms with E-state index in [0.717, 1.165) is 30.9 Å². The van der Waals surface area contributed by atoms with Gasteiger partial charge in [-0.2, -0.15) is 0 Å². The highest BCUT2D eigenvalue weighted by molar-refractivity contribution is 6.06. The Balaban J connectivity index is 1.05. The van der Waals surface area contributed by atoms with E-state index >= 15 is 0 Å². The van der Waals surface area contributed by atoms with Gasteiger partial charge in [-0.3, -0.25) is 19.5 Å². The molecule has 0 aromatic carbocycles. The number of anilines is 1. The Bertz CT molecular complexity index is 891. The number of likely N-dealkylation sites (tertiary alicyclic amines) is 1. The summed E-state index contributed by atoms with van der Waals surface area (Å²) in [5, 5.41) is 6.58. The van der Waals surface area contributed by atoms with Crippen LogP contribution in [-0.4, -0.2) is 60.9 Å². The molecule has 4 atom stereocenters. The second kappa shape index (κ2) is 8.92. The Hall–Kier alpha value is -2.90. The number of rotatable bonds is 7. The molecule has 0 spiro atoms. The maximum Gasteiger partial charge on any atom is 0.233 e. The number of guanidine groups is 1. The molecule has 2 amide bonds. The molecule has 0 radical (unpaired) electrons. The van der Waals surface area contributed by atoms with Crippen LogP contribution >= 0.6 is 0 Å². The summed E-state index contributed by atoms with van der Waals surface area (Å²) >= 11 is 0. The van der Waals surface area contributed by atoms with E-state index in [-0.39, 0.29) is 35.5 Å². The number of aromatic nitrogens is 1. The quantitative estimate of drug-likeness (QED) is 0.222. The number of nitrogens with zero attached hydrogens (tertiary/aromatic N) is 4. The lowest BCUT2D eigenvalue weighted by Crippen LogP contribution is -2.39. The number of carbonyl (C=O) groups excluding carboxylic acids is 2. The zero-order valence-electron chi connectivity index (χ0n) is 18.7. The summed E-state index contributed by atoms with van der Waals surface area (Å²) in [4.78, 5) is 38.2. The van der Waals surface area contributed by atoms with Crippen LogP contribution in [0.15, 0.2) is 35.5 Å². The van der Waals surface area contributed by atoms with Crippen molar-refractivity contribution in [1.82, 2.24) is 20.5 Å². The molecule has 2 aliphatic carbocycles. The van der Waals surface area contributed by atoms with Gasteiger partial charge in [0.1, 0.15) is 5.82 Å². The SMILES string of the molecule is CN=C(NCCCN1C(=O)C2C3C=CC(C3)C2C1=O)NCc1ccc(N2CCCC2)nc1. The molecule has 8 nitrogen and oxygen atoms in total. The number of hydrogen-bond acceptors (Lipinski definition) is 5. The molecule has 4 aliphatic rings. The fourth-order valence-electron chi connectivity index (χ4n) is 5.69. The number of fused-ring (bicyclic) bond motifs is 5. The zero-order valence-corrected chi connectivity index (χ0v) is 18.7. The summed E-state index contributed by atoms with van der Waals surface area (Å²) in [6.45, 7) is 3.93. The average molecular weight is 437 g/mol. The molecule has 3 fully saturated rings. The third kappa shape index (κ3) is 3.87. The molecule has 2 saturated heterocycles. The van der Waals surface area contributed by atoms with E-state index < -0.39 is 0 Å². The predicted molar refractivity (Wildman–Crippen MR) is 123 cm³/mol. The highest BCUT2D eigenvalue weighted by atomic mass is 16.2. The lowest BCUT2D eigenvalue weighted by atomic mass is 9.85. The second-order valence-electron chi connectivity index (χ2n) is 9.25. The van der Waals surface area contributed by atoms with E-state index in [1.807, 2.05) is 6.20 Å². The topological polar surface area (TPSA) is 89.9 Å². The molecule has 5 rings (SSSR count). The summed E-state index contributed by atoms with van der Waals surface area (Å²) in [5.74, 6) is 2.14. The van der Waals surface area contributed by atoms with Crippen LogP contribution in [0.5, 0.6) is 0 Å². The van der Waals surface area contributed by atoms with E-state index in [2.05, 4.69) is 49.8 Å². The summed E-state index contributed by atoms with van der Waals surface area (Å²) < 4.78 is 0. The van der Waals surface area contributed by atoms with Crippen LogP contribution in [0.2, 0.25) is 0 Å². The van der Waals surface area contributed by atoms with Gasteiger partial charge in [-0.1, -0.05) is 18.2 Å². The van der Waals surface area contributed by atoms with Crippen LogP contribution in [0.25, 0.3) is 0 Å². The number of hydrogen-bond donors (Lipinski definition) is 2. The van der Waals surface area contributed by atoms with Crippen LogP contribution in [0.3, 0.4) is 0 Å². The highest BCUT2D eigenvalue weighted by Crippen LogP contribution is 2.52. The molecule has 2 N–H and O–H groups in total. The third-order valence-corrected chi connectivity index (χ3v) is 7.34. The Kier molecular flexibility index (Phi) is 5.85. The number of nitrogens with one attached hydrogen (secondary N) is 2. The minimum Gasteiger partial charge on any atom is -0.357 e. The standard InChI is InChI=1S/C24H32N6O2/c1-25-24(28-15-16-5-8-19(27-14-16)29-10-2-3-11-29)26-9-4-12-30-22(31)20-17-6-7-18(13-17)21(20)23(30)32/h5-8,14,17-18,20-21H,2-4,9-13,15H2,1H3,(H2,25,26,28). The van der Waals surface area contributed by atoms with E-state index in [4.69, 9.17) is 0 Å². The summed E-state index contributed by atoms with van der Waals surface area (Å²) in [6.07, 6.45) is 10.3. The van der Waals surface area contributed by atoms with Gasteiger partial charge < -0.3 is 15.5 Å². The van der Waals surface area contributed by atoms with Crippen molar-refractivity contribution in [3.8, 4) is 0 Å². The Morgan fingerprint density at radius 3 is 2.44 bits per heavy atom. The molecule has 2 aliphatic heterocycles. The zero-order chi connectivity index (χ0) is 22.1. The van der Waals surface area contributed by atoms with E-state index in [1.165, 1.54) is 17.7 Å². The fourth-order valence-corrected chi connectivity index (χ4v) is 5.69. The molecular weight excluding hydrogens is 404 g/mol. The minimum atomic E-state index is -0.106. The summed E-state index contributed by atoms with van der Waals surface area (Å²) in [5.41, 5.74) is 1.10. The monoisotopic (exact) mass is 436 g/mol. The number of aliphatic imine (C=N–C) groups is 1. The smallest absolute Gasteiger partial charge is 0.233 e. The molecular formula is C24H32N6O2. The maximum absolute atomic E-state index is 12.7. The van der Waals surface area contributed by atoms with Crippen molar-refractivity contribution in [2.75, 3.05) is 38.1 Å². The molecule has 32 heavy (non-hydrogen) atoms. The summed E-state index contributed by atoms with van der Waals surface area (Å²) in [6, 6.07) is 4.18. The average Bonchev–Trinajstić information content (AvgIpc) is 3.60. The van der Waals surface area contributed by atoms with Crippen LogP contribution in [0, 0.1) is 23.7 Å². The van der Waals surface area contributed by atoms with Crippen molar-refractivity contribution in [2.24, 2.45) is 28.7 Å². The molecule has 170 valence electrons. The molecule has 2 bridgehead atoms. The van der Waals surface area contributed by atoms with E-state index in [9.17, 15) is 9.59 Å². The first-order valence-electron chi connectivity index (χ1n) is 11.8. The highest BCUT2D eigenvalue weighted by Gasteiger charge is 2.58. The van der Waals surface area contributed by atoms with Gasteiger partial charge in [-0.15, -0.1) is 0 Å². The molecule has 1 saturated carbocycles. The van der Waals surface area contributed by atoms with Crippen LogP contribution in [0.1, 0.15) is 31.2 Å².